The van der Waals surface area contributed by atoms with Crippen molar-refractivity contribution in [2.45, 2.75) is 18.5 Å². The number of rotatable bonds is 2. The largest absolute Gasteiger partial charge is 0.478 e. The predicted molar refractivity (Wildman–Crippen MR) is 75.0 cm³/mol. The lowest BCUT2D eigenvalue weighted by molar-refractivity contribution is -0.244. The summed E-state index contributed by atoms with van der Waals surface area (Å²) < 4.78 is 78.1. The number of hydrazine groups is 1. The number of aromatic nitrogens is 1. The van der Waals surface area contributed by atoms with Crippen LogP contribution >= 0.6 is 0 Å². The lowest BCUT2D eigenvalue weighted by atomic mass is 10.0. The number of carbonyl (C=O) groups is 1. The average molecular weight is 361 g/mol. The standard InChI is InChI=1S/C15H9F6N3O/c16-14(17,18)10-2-1-5-22-13(10)8-3-4-9-11(6-8)23-24(12(9)7-25)15(19,20)21/h1-7,12,23H. The molecule has 0 aliphatic carbocycles. The monoisotopic (exact) mass is 361 g/mol. The first-order valence-corrected chi connectivity index (χ1v) is 6.87. The van der Waals surface area contributed by atoms with Gasteiger partial charge in [0.15, 0.2) is 0 Å². The number of hydrogen-bond donors (Lipinski definition) is 1. The topological polar surface area (TPSA) is 45.2 Å². The van der Waals surface area contributed by atoms with E-state index in [4.69, 9.17) is 0 Å². The molecule has 3 rings (SSSR count). The highest BCUT2D eigenvalue weighted by Gasteiger charge is 2.47. The molecule has 10 heteroatoms. The molecule has 1 unspecified atom stereocenters. The summed E-state index contributed by atoms with van der Waals surface area (Å²) in [5.41, 5.74) is 0.484. The Balaban J connectivity index is 2.08. The van der Waals surface area contributed by atoms with Crippen molar-refractivity contribution < 1.29 is 31.1 Å². The first-order chi connectivity index (χ1) is 11.6. The quantitative estimate of drug-likeness (QED) is 0.495. The lowest BCUT2D eigenvalue weighted by Gasteiger charge is -2.22. The normalized spacial score (nSPS) is 17.9. The number of aldehydes is 1. The molecule has 1 aromatic heterocycles. The van der Waals surface area contributed by atoms with E-state index < -0.39 is 29.8 Å². The highest BCUT2D eigenvalue weighted by Crippen LogP contribution is 2.43. The van der Waals surface area contributed by atoms with Crippen molar-refractivity contribution in [2.24, 2.45) is 0 Å². The van der Waals surface area contributed by atoms with E-state index in [1.165, 1.54) is 12.1 Å². The van der Waals surface area contributed by atoms with Gasteiger partial charge in [0.25, 0.3) is 0 Å². The van der Waals surface area contributed by atoms with Gasteiger partial charge >= 0.3 is 12.5 Å². The Labute approximate surface area is 137 Å². The summed E-state index contributed by atoms with van der Waals surface area (Å²) in [7, 11) is 0. The van der Waals surface area contributed by atoms with Gasteiger partial charge in [0, 0.05) is 17.3 Å². The fourth-order valence-corrected chi connectivity index (χ4v) is 2.62. The number of alkyl halides is 6. The van der Waals surface area contributed by atoms with Gasteiger partial charge in [0.2, 0.25) is 0 Å². The van der Waals surface area contributed by atoms with Crippen LogP contribution in [-0.2, 0) is 11.0 Å². The molecule has 0 amide bonds. The number of fused-ring (bicyclic) bond motifs is 1. The Morgan fingerprint density at radius 3 is 2.44 bits per heavy atom. The van der Waals surface area contributed by atoms with Crippen LogP contribution < -0.4 is 5.43 Å². The number of halogens is 6. The number of pyridine rings is 1. The number of hydrogen-bond acceptors (Lipinski definition) is 4. The maximum atomic E-state index is 13.1. The third kappa shape index (κ3) is 3.04. The van der Waals surface area contributed by atoms with Gasteiger partial charge in [-0.2, -0.15) is 26.3 Å². The Kier molecular flexibility index (Phi) is 3.94. The van der Waals surface area contributed by atoms with E-state index in [9.17, 15) is 31.1 Å². The molecule has 0 saturated heterocycles. The zero-order valence-electron chi connectivity index (χ0n) is 12.2. The second-order valence-corrected chi connectivity index (χ2v) is 5.23. The van der Waals surface area contributed by atoms with E-state index in [2.05, 4.69) is 4.98 Å². The third-order valence-electron chi connectivity index (χ3n) is 3.68. The van der Waals surface area contributed by atoms with Gasteiger partial charge in [-0.1, -0.05) is 12.1 Å². The minimum absolute atomic E-state index is 0.0144. The van der Waals surface area contributed by atoms with Crippen LogP contribution in [0.25, 0.3) is 11.3 Å². The number of benzene rings is 1. The van der Waals surface area contributed by atoms with Crippen LogP contribution in [0.2, 0.25) is 0 Å². The fraction of sp³-hybridized carbons (Fsp3) is 0.200. The van der Waals surface area contributed by atoms with E-state index in [0.717, 1.165) is 24.4 Å². The Hall–Kier alpha value is -2.62. The van der Waals surface area contributed by atoms with Crippen LogP contribution in [0.5, 0.6) is 0 Å². The van der Waals surface area contributed by atoms with Crippen LogP contribution in [0.3, 0.4) is 0 Å². The highest BCUT2D eigenvalue weighted by molar-refractivity contribution is 5.77. The van der Waals surface area contributed by atoms with Crippen molar-refractivity contribution >= 4 is 12.0 Å². The summed E-state index contributed by atoms with van der Waals surface area (Å²) in [6.07, 6.45) is -8.25. The van der Waals surface area contributed by atoms with Crippen molar-refractivity contribution in [1.29, 1.82) is 0 Å². The maximum absolute atomic E-state index is 13.1. The van der Waals surface area contributed by atoms with E-state index >= 15 is 0 Å². The first kappa shape index (κ1) is 17.2. The summed E-state index contributed by atoms with van der Waals surface area (Å²) in [4.78, 5) is 14.7. The molecule has 1 atom stereocenters. The molecular weight excluding hydrogens is 352 g/mol. The number of nitrogens with one attached hydrogen (secondary N) is 1. The van der Waals surface area contributed by atoms with Crippen molar-refractivity contribution in [1.82, 2.24) is 9.99 Å². The molecular formula is C15H9F6N3O. The fourth-order valence-electron chi connectivity index (χ4n) is 2.62. The van der Waals surface area contributed by atoms with Crippen molar-refractivity contribution in [3.05, 3.63) is 47.7 Å². The smallest absolute Gasteiger partial charge is 0.310 e. The molecule has 0 radical (unpaired) electrons. The molecule has 0 saturated carbocycles. The summed E-state index contributed by atoms with van der Waals surface area (Å²) in [5.74, 6) is 0. The van der Waals surface area contributed by atoms with Gasteiger partial charge in [0.1, 0.15) is 12.3 Å². The predicted octanol–water partition coefficient (Wildman–Crippen LogP) is 4.17. The Morgan fingerprint density at radius 2 is 1.84 bits per heavy atom. The molecule has 25 heavy (non-hydrogen) atoms. The average Bonchev–Trinajstić information content (AvgIpc) is 2.92. The lowest BCUT2D eigenvalue weighted by Crippen LogP contribution is -2.41. The van der Waals surface area contributed by atoms with E-state index in [1.54, 1.807) is 0 Å². The van der Waals surface area contributed by atoms with E-state index in [0.29, 0.717) is 0 Å². The summed E-state index contributed by atoms with van der Waals surface area (Å²) in [5, 5.41) is -0.211. The van der Waals surface area contributed by atoms with Crippen LogP contribution in [0.4, 0.5) is 32.0 Å². The SMILES string of the molecule is O=CC1c2ccc(-c3ncccc3C(F)(F)F)cc2NN1C(F)(F)F. The molecule has 1 N–H and O–H groups in total. The van der Waals surface area contributed by atoms with Gasteiger partial charge in [-0.05, 0) is 18.2 Å². The zero-order chi connectivity index (χ0) is 18.4. The van der Waals surface area contributed by atoms with Gasteiger partial charge in [0.05, 0.1) is 16.9 Å². The summed E-state index contributed by atoms with van der Waals surface area (Å²) in [6.45, 7) is 0. The zero-order valence-corrected chi connectivity index (χ0v) is 12.2. The second-order valence-electron chi connectivity index (χ2n) is 5.23. The van der Waals surface area contributed by atoms with Crippen molar-refractivity contribution in [3.8, 4) is 11.3 Å². The van der Waals surface area contributed by atoms with Crippen molar-refractivity contribution in [2.75, 3.05) is 5.43 Å². The molecule has 0 bridgehead atoms. The van der Waals surface area contributed by atoms with Crippen LogP contribution in [0, 0.1) is 0 Å². The van der Waals surface area contributed by atoms with Crippen LogP contribution in [-0.4, -0.2) is 22.6 Å². The molecule has 2 aromatic rings. The molecule has 1 aliphatic heterocycles. The maximum Gasteiger partial charge on any atom is 0.478 e. The van der Waals surface area contributed by atoms with Crippen molar-refractivity contribution in [3.63, 3.8) is 0 Å². The molecule has 132 valence electrons. The minimum atomic E-state index is -4.84. The molecule has 0 spiro atoms. The second kappa shape index (κ2) is 5.73. The van der Waals surface area contributed by atoms with Gasteiger partial charge in [-0.15, -0.1) is 5.01 Å². The number of nitrogens with zero attached hydrogens (tertiary/aromatic N) is 2. The molecule has 2 heterocycles. The Bertz CT molecular complexity index is 818. The highest BCUT2D eigenvalue weighted by atomic mass is 19.4. The molecule has 1 aromatic carbocycles. The number of carbonyl (C=O) groups excluding carboxylic acids is 1. The van der Waals surface area contributed by atoms with Gasteiger partial charge in [-0.3, -0.25) is 4.98 Å². The number of anilines is 1. The molecule has 4 nitrogen and oxygen atoms in total. The van der Waals surface area contributed by atoms with Gasteiger partial charge in [-0.25, -0.2) is 0 Å². The molecule has 1 aliphatic rings. The first-order valence-electron chi connectivity index (χ1n) is 6.87. The summed E-state index contributed by atoms with van der Waals surface area (Å²) in [6, 6.07) is 3.82. The van der Waals surface area contributed by atoms with Gasteiger partial charge < -0.3 is 10.2 Å². The minimum Gasteiger partial charge on any atom is -0.310 e. The third-order valence-corrected chi connectivity index (χ3v) is 3.68. The molecule has 0 fully saturated rings. The van der Waals surface area contributed by atoms with Crippen LogP contribution in [0.15, 0.2) is 36.5 Å². The van der Waals surface area contributed by atoms with Crippen LogP contribution in [0.1, 0.15) is 17.2 Å². The Morgan fingerprint density at radius 1 is 1.12 bits per heavy atom. The van der Waals surface area contributed by atoms with E-state index in [-0.39, 0.29) is 28.1 Å². The van der Waals surface area contributed by atoms with E-state index in [1.807, 2.05) is 5.43 Å². The summed E-state index contributed by atoms with van der Waals surface area (Å²) >= 11 is 0.